The number of methoxy groups -OCH3 is 2. The van der Waals surface area contributed by atoms with Crippen molar-refractivity contribution in [3.05, 3.63) is 36.4 Å². The average molecular weight is 540 g/mol. The molecule has 0 atom stereocenters. The number of ether oxygens (including phenoxy) is 2. The van der Waals surface area contributed by atoms with E-state index in [9.17, 15) is 16.8 Å². The second-order valence-electron chi connectivity index (χ2n) is 6.17. The topological polar surface area (TPSA) is 192 Å². The van der Waals surface area contributed by atoms with Crippen molar-refractivity contribution in [2.75, 3.05) is 37.8 Å². The van der Waals surface area contributed by atoms with Gasteiger partial charge in [-0.3, -0.25) is 8.74 Å². The zero-order valence-electron chi connectivity index (χ0n) is 17.8. The first-order valence-electron chi connectivity index (χ1n) is 9.05. The molecule has 0 aliphatic rings. The van der Waals surface area contributed by atoms with Gasteiger partial charge in [-0.2, -0.15) is 13.5 Å². The first-order valence-corrected chi connectivity index (χ1v) is 13.0. The zero-order chi connectivity index (χ0) is 25.2. The maximum absolute atomic E-state index is 12.3. The second-order valence-corrected chi connectivity index (χ2v) is 10.2. The highest BCUT2D eigenvalue weighted by Crippen LogP contribution is 2.39. The van der Waals surface area contributed by atoms with Gasteiger partial charge in [-0.05, 0) is 24.3 Å². The third-order valence-corrected chi connectivity index (χ3v) is 6.54. The molecule has 2 rings (SSSR count). The standard InChI is InChI=1S/C17H21N3O11S3/c1-27-16-10-15(17(28-2)9-14(16)18-11-34(24,25)26)20-19-12-3-5-13(6-4-12)33(22,23)8-7-29-32-31-30-21/h3-6,9-10,18,21H,7-8,11H2,1-2H3,(H,24,25,26). The van der Waals surface area contributed by atoms with Crippen molar-refractivity contribution < 1.29 is 49.7 Å². The number of anilines is 1. The summed E-state index contributed by atoms with van der Waals surface area (Å²) in [5, 5.41) is 21.9. The van der Waals surface area contributed by atoms with Gasteiger partial charge in [-0.1, -0.05) is 5.04 Å². The first-order chi connectivity index (χ1) is 16.1. The maximum Gasteiger partial charge on any atom is 0.283 e. The van der Waals surface area contributed by atoms with Crippen LogP contribution in [0.15, 0.2) is 51.5 Å². The van der Waals surface area contributed by atoms with Gasteiger partial charge in [0.25, 0.3) is 10.1 Å². The fraction of sp³-hybridized carbons (Fsp3) is 0.294. The largest absolute Gasteiger partial charge is 0.495 e. The van der Waals surface area contributed by atoms with Crippen LogP contribution in [0.25, 0.3) is 0 Å². The first kappa shape index (κ1) is 27.7. The highest BCUT2D eigenvalue weighted by molar-refractivity contribution is 7.91. The Labute approximate surface area is 199 Å². The van der Waals surface area contributed by atoms with E-state index in [2.05, 4.69) is 24.9 Å². The van der Waals surface area contributed by atoms with Crippen LogP contribution in [-0.4, -0.2) is 59.1 Å². The van der Waals surface area contributed by atoms with Crippen LogP contribution in [0.3, 0.4) is 0 Å². The molecule has 0 heterocycles. The maximum atomic E-state index is 12.3. The molecule has 0 fully saturated rings. The lowest BCUT2D eigenvalue weighted by Crippen LogP contribution is -2.13. The van der Waals surface area contributed by atoms with Crippen molar-refractivity contribution in [1.29, 1.82) is 0 Å². The summed E-state index contributed by atoms with van der Waals surface area (Å²) in [6.07, 6.45) is 0. The lowest BCUT2D eigenvalue weighted by atomic mass is 10.2. The van der Waals surface area contributed by atoms with E-state index in [1.807, 2.05) is 0 Å². The molecule has 3 N–H and O–H groups in total. The molecule has 188 valence electrons. The minimum atomic E-state index is -4.27. The molecule has 0 bridgehead atoms. The molecule has 34 heavy (non-hydrogen) atoms. The molecular weight excluding hydrogens is 518 g/mol. The monoisotopic (exact) mass is 539 g/mol. The smallest absolute Gasteiger partial charge is 0.283 e. The Hall–Kier alpha value is -2.51. The summed E-state index contributed by atoms with van der Waals surface area (Å²) in [4.78, 5) is 0.0351. The minimum Gasteiger partial charge on any atom is -0.495 e. The molecule has 0 unspecified atom stereocenters. The molecule has 0 saturated carbocycles. The summed E-state index contributed by atoms with van der Waals surface area (Å²) < 4.78 is 74.7. The number of sulfone groups is 1. The molecule has 0 radical (unpaired) electrons. The molecular formula is C17H21N3O11S3. The molecule has 2 aromatic rings. The van der Waals surface area contributed by atoms with Crippen LogP contribution in [0.4, 0.5) is 17.1 Å². The molecule has 0 aromatic heterocycles. The number of benzene rings is 2. The highest BCUT2D eigenvalue weighted by atomic mass is 32.2. The van der Waals surface area contributed by atoms with Crippen LogP contribution in [0.2, 0.25) is 0 Å². The van der Waals surface area contributed by atoms with E-state index in [4.69, 9.17) is 23.5 Å². The Balaban J connectivity index is 2.15. The van der Waals surface area contributed by atoms with E-state index >= 15 is 0 Å². The Kier molecular flexibility index (Phi) is 10.5. The molecule has 0 aliphatic carbocycles. The Morgan fingerprint density at radius 1 is 1.00 bits per heavy atom. The van der Waals surface area contributed by atoms with Gasteiger partial charge in [0.1, 0.15) is 23.1 Å². The number of hydrogen-bond acceptors (Lipinski definition) is 14. The van der Waals surface area contributed by atoms with Gasteiger partial charge in [-0.15, -0.1) is 9.45 Å². The summed E-state index contributed by atoms with van der Waals surface area (Å²) in [7, 11) is -5.18. The number of rotatable bonds is 14. The van der Waals surface area contributed by atoms with Crippen LogP contribution in [-0.2, 0) is 33.5 Å². The summed E-state index contributed by atoms with van der Waals surface area (Å²) in [5.41, 5.74) is 0.828. The second kappa shape index (κ2) is 12.8. The fourth-order valence-corrected chi connectivity index (χ4v) is 4.17. The lowest BCUT2D eigenvalue weighted by Gasteiger charge is -2.13. The van der Waals surface area contributed by atoms with Gasteiger partial charge >= 0.3 is 0 Å². The quantitative estimate of drug-likeness (QED) is 0.0792. The van der Waals surface area contributed by atoms with Gasteiger partial charge in [0, 0.05) is 12.1 Å². The summed E-state index contributed by atoms with van der Waals surface area (Å²) in [6.45, 7) is -0.214. The van der Waals surface area contributed by atoms with Crippen LogP contribution in [0, 0.1) is 0 Å². The molecule has 0 saturated heterocycles. The predicted octanol–water partition coefficient (Wildman–Crippen LogP) is 3.15. The van der Waals surface area contributed by atoms with Crippen molar-refractivity contribution in [3.8, 4) is 11.5 Å². The highest BCUT2D eigenvalue weighted by Gasteiger charge is 2.15. The zero-order valence-corrected chi connectivity index (χ0v) is 20.2. The van der Waals surface area contributed by atoms with E-state index in [0.717, 1.165) is 0 Å². The summed E-state index contributed by atoms with van der Waals surface area (Å²) >= 11 is 0.281. The van der Waals surface area contributed by atoms with E-state index in [-0.39, 0.29) is 52.5 Å². The Bertz CT molecular complexity index is 1190. The van der Waals surface area contributed by atoms with E-state index in [1.54, 1.807) is 0 Å². The van der Waals surface area contributed by atoms with Gasteiger partial charge < -0.3 is 14.8 Å². The Morgan fingerprint density at radius 2 is 1.68 bits per heavy atom. The molecule has 2 aromatic carbocycles. The van der Waals surface area contributed by atoms with E-state index in [1.165, 1.54) is 50.6 Å². The molecule has 14 nitrogen and oxygen atoms in total. The van der Waals surface area contributed by atoms with Gasteiger partial charge in [0.2, 0.25) is 0 Å². The van der Waals surface area contributed by atoms with Gasteiger partial charge in [0.15, 0.2) is 22.2 Å². The van der Waals surface area contributed by atoms with Crippen molar-refractivity contribution in [3.63, 3.8) is 0 Å². The van der Waals surface area contributed by atoms with Crippen molar-refractivity contribution >= 4 is 49.3 Å². The number of nitrogens with one attached hydrogen (secondary N) is 1. The van der Waals surface area contributed by atoms with E-state index < -0.39 is 25.8 Å². The van der Waals surface area contributed by atoms with Gasteiger partial charge in [-0.25, -0.2) is 13.7 Å². The number of nitrogens with zero attached hydrogens (tertiary/aromatic N) is 2. The van der Waals surface area contributed by atoms with Crippen LogP contribution < -0.4 is 14.8 Å². The van der Waals surface area contributed by atoms with Gasteiger partial charge in [0.05, 0.1) is 42.8 Å². The summed E-state index contributed by atoms with van der Waals surface area (Å²) in [6, 6.07) is 8.46. The van der Waals surface area contributed by atoms with E-state index in [0.29, 0.717) is 5.69 Å². The molecule has 0 amide bonds. The lowest BCUT2D eigenvalue weighted by molar-refractivity contribution is -0.434. The van der Waals surface area contributed by atoms with Crippen molar-refractivity contribution in [1.82, 2.24) is 0 Å². The van der Waals surface area contributed by atoms with Crippen molar-refractivity contribution in [2.24, 2.45) is 10.2 Å². The Morgan fingerprint density at radius 3 is 2.26 bits per heavy atom. The normalized spacial score (nSPS) is 12.1. The predicted molar refractivity (Wildman–Crippen MR) is 121 cm³/mol. The van der Waals surface area contributed by atoms with Crippen LogP contribution in [0.1, 0.15) is 0 Å². The SMILES string of the molecule is COc1cc(NCS(=O)(=O)O)c(OC)cc1N=Nc1ccc(S(=O)(=O)CCOSOOO)cc1. The third-order valence-electron chi connectivity index (χ3n) is 3.96. The fourth-order valence-electron chi connectivity index (χ4n) is 2.43. The third kappa shape index (κ3) is 8.69. The van der Waals surface area contributed by atoms with Crippen LogP contribution in [0.5, 0.6) is 11.5 Å². The molecule has 17 heteroatoms. The minimum absolute atomic E-state index is 0.0351. The van der Waals surface area contributed by atoms with Crippen molar-refractivity contribution in [2.45, 2.75) is 4.90 Å². The van der Waals surface area contributed by atoms with Crippen LogP contribution >= 0.6 is 12.3 Å². The number of hydrogen-bond donors (Lipinski definition) is 3. The number of azo groups is 1. The molecule has 0 aliphatic heterocycles. The summed E-state index contributed by atoms with van der Waals surface area (Å²) in [5.74, 6) is -0.630. The average Bonchev–Trinajstić information content (AvgIpc) is 2.80. The molecule has 0 spiro atoms.